The number of alkyl halides is 1. The second-order valence-electron chi connectivity index (χ2n) is 6.95. The van der Waals surface area contributed by atoms with Crippen molar-refractivity contribution in [2.75, 3.05) is 29.0 Å². The number of esters is 1. The number of rotatable bonds is 8. The maximum atomic E-state index is 13.2. The summed E-state index contributed by atoms with van der Waals surface area (Å²) in [6.45, 7) is 4.80. The summed E-state index contributed by atoms with van der Waals surface area (Å²) < 4.78 is 48.7. The van der Waals surface area contributed by atoms with Gasteiger partial charge in [0.2, 0.25) is 0 Å². The monoisotopic (exact) mass is 614 g/mol. The second-order valence-corrected chi connectivity index (χ2v) is 12.8. The van der Waals surface area contributed by atoms with Crippen molar-refractivity contribution < 1.29 is 48.6 Å². The van der Waals surface area contributed by atoms with Gasteiger partial charge in [-0.1, -0.05) is 0 Å². The number of carbonyl (C=O) groups is 1. The third-order valence-electron chi connectivity index (χ3n) is 4.76. The Hall–Kier alpha value is -0.690. The van der Waals surface area contributed by atoms with Crippen LogP contribution in [-0.4, -0.2) is 49.7 Å². The summed E-state index contributed by atoms with van der Waals surface area (Å²) in [6, 6.07) is 5.70. The zero-order chi connectivity index (χ0) is 21.8. The fraction of sp³-hybridized carbons (Fsp3) is 0.550. The van der Waals surface area contributed by atoms with Crippen LogP contribution in [0.4, 0.5) is 5.69 Å². The number of carbonyl (C=O) groups excluding carboxylic acids is 1. The number of anilines is 1. The van der Waals surface area contributed by atoms with E-state index in [9.17, 15) is 13.2 Å². The third-order valence-corrected chi connectivity index (χ3v) is 10.3. The van der Waals surface area contributed by atoms with Crippen LogP contribution in [0.25, 0.3) is 0 Å². The summed E-state index contributed by atoms with van der Waals surface area (Å²) in [5, 5.41) is -1.05. The van der Waals surface area contributed by atoms with Gasteiger partial charge in [0.1, 0.15) is 0 Å². The van der Waals surface area contributed by atoms with E-state index in [0.717, 1.165) is 6.42 Å². The fourth-order valence-electron chi connectivity index (χ4n) is 3.40. The van der Waals surface area contributed by atoms with E-state index < -0.39 is 27.0 Å². The molecule has 2 aliphatic rings. The van der Waals surface area contributed by atoms with Gasteiger partial charge in [0.15, 0.2) is 0 Å². The van der Waals surface area contributed by atoms with Crippen molar-refractivity contribution in [2.45, 2.75) is 44.1 Å². The zero-order valence-corrected chi connectivity index (χ0v) is 21.5. The Labute approximate surface area is 196 Å². The molecule has 1 aromatic rings. The molecule has 0 amide bonds. The number of benzene rings is 1. The first-order valence-electron chi connectivity index (χ1n) is 9.88. The number of sulfonamides is 1. The van der Waals surface area contributed by atoms with Gasteiger partial charge < -0.3 is 0 Å². The summed E-state index contributed by atoms with van der Waals surface area (Å²) >= 11 is 3.39. The van der Waals surface area contributed by atoms with E-state index in [1.807, 2.05) is 12.1 Å². The van der Waals surface area contributed by atoms with Crippen LogP contribution in [0.2, 0.25) is 0 Å². The van der Waals surface area contributed by atoms with Crippen LogP contribution in [0.15, 0.2) is 34.3 Å². The minimum atomic E-state index is -3.90. The summed E-state index contributed by atoms with van der Waals surface area (Å²) in [6.07, 6.45) is 3.16. The predicted molar refractivity (Wildman–Crippen MR) is 113 cm³/mol. The van der Waals surface area contributed by atoms with E-state index in [2.05, 4.69) is 27.6 Å². The fourth-order valence-corrected chi connectivity index (χ4v) is 8.12. The Morgan fingerprint density at radius 2 is 2.07 bits per heavy atom. The maximum absolute atomic E-state index is 13.2. The number of hydrogen-bond acceptors (Lipinski definition) is 6. The Kier molecular flexibility index (Phi) is 8.21. The Morgan fingerprint density at radius 1 is 1.33 bits per heavy atom. The van der Waals surface area contributed by atoms with Gasteiger partial charge >= 0.3 is 197 Å². The van der Waals surface area contributed by atoms with Crippen molar-refractivity contribution in [2.24, 2.45) is 0 Å². The molecule has 0 radical (unpaired) electrons. The molecule has 1 aliphatic heterocycles. The third kappa shape index (κ3) is 5.56. The molecule has 1 saturated heterocycles. The second kappa shape index (κ2) is 10.3. The Balaban J connectivity index is 1.86. The summed E-state index contributed by atoms with van der Waals surface area (Å²) in [5.41, 5.74) is 0.509. The van der Waals surface area contributed by atoms with E-state index in [-0.39, 0.29) is 39.8 Å². The van der Waals surface area contributed by atoms with Crippen molar-refractivity contribution in [1.29, 1.82) is 0 Å². The molecule has 1 atom stereocenters. The van der Waals surface area contributed by atoms with Gasteiger partial charge in [-0.15, -0.1) is 0 Å². The molecule has 0 bridgehead atoms. The van der Waals surface area contributed by atoms with E-state index in [0.29, 0.717) is 29.8 Å². The van der Waals surface area contributed by atoms with Gasteiger partial charge in [0.25, 0.3) is 0 Å². The van der Waals surface area contributed by atoms with Gasteiger partial charge in [-0.25, -0.2) is 0 Å². The van der Waals surface area contributed by atoms with Crippen LogP contribution in [-0.2, 0) is 29.0 Å². The molecule has 168 valence electrons. The molecule has 3 rings (SSSR count). The first-order chi connectivity index (χ1) is 14.3. The number of hydrogen-bond donors (Lipinski definition) is 1. The van der Waals surface area contributed by atoms with Crippen LogP contribution in [0.1, 0.15) is 33.1 Å². The van der Waals surface area contributed by atoms with E-state index >= 15 is 0 Å². The summed E-state index contributed by atoms with van der Waals surface area (Å²) in [4.78, 5) is 12.6. The first kappa shape index (κ1) is 24.0. The molecule has 7 nitrogen and oxygen atoms in total. The van der Waals surface area contributed by atoms with Crippen molar-refractivity contribution in [3.63, 3.8) is 0 Å². The van der Waals surface area contributed by atoms with Crippen molar-refractivity contribution in [3.05, 3.63) is 37.9 Å². The molecule has 1 heterocycles. The average molecular weight is 615 g/mol. The summed E-state index contributed by atoms with van der Waals surface area (Å²) in [7, 11) is -3.90. The van der Waals surface area contributed by atoms with Crippen LogP contribution in [0.5, 0.6) is 0 Å². The van der Waals surface area contributed by atoms with Crippen molar-refractivity contribution >= 4 is 37.6 Å². The molecule has 0 aromatic heterocycles. The topological polar surface area (TPSA) is 90.9 Å². The van der Waals surface area contributed by atoms with Gasteiger partial charge in [-0.3, -0.25) is 0 Å². The van der Waals surface area contributed by atoms with E-state index in [4.69, 9.17) is 14.2 Å². The van der Waals surface area contributed by atoms with Crippen LogP contribution >= 0.6 is 15.9 Å². The van der Waals surface area contributed by atoms with Crippen molar-refractivity contribution in [1.82, 2.24) is 0 Å². The zero-order valence-electron chi connectivity index (χ0n) is 17.0. The molecular weight excluding hydrogens is 589 g/mol. The van der Waals surface area contributed by atoms with E-state index in [1.54, 1.807) is 13.0 Å². The molecule has 1 aromatic carbocycles. The molecule has 1 unspecified atom stereocenters. The van der Waals surface area contributed by atoms with E-state index in [1.165, 1.54) is 14.1 Å². The van der Waals surface area contributed by atoms with Gasteiger partial charge in [0.05, 0.1) is 0 Å². The molecular formula is C20H26BrINO6S-. The molecule has 1 N–H and O–H groups in total. The van der Waals surface area contributed by atoms with Crippen LogP contribution in [0.3, 0.4) is 0 Å². The first-order valence-corrected chi connectivity index (χ1v) is 14.8. The Morgan fingerprint density at radius 3 is 2.70 bits per heavy atom. The molecule has 1 spiro atoms. The normalized spacial score (nSPS) is 20.9. The van der Waals surface area contributed by atoms with Crippen LogP contribution < -0.4 is 25.9 Å². The van der Waals surface area contributed by atoms with Gasteiger partial charge in [0, 0.05) is 0 Å². The molecule has 1 fully saturated rings. The quantitative estimate of drug-likeness (QED) is 0.257. The minimum absolute atomic E-state index is 0.0547. The average Bonchev–Trinajstić information content (AvgIpc) is 3.15. The molecule has 1 aliphatic carbocycles. The predicted octanol–water partition coefficient (Wildman–Crippen LogP) is 0.254. The Bertz CT molecular complexity index is 914. The van der Waals surface area contributed by atoms with Gasteiger partial charge in [-0.05, 0) is 0 Å². The molecule has 10 heteroatoms. The number of halogens is 2. The van der Waals surface area contributed by atoms with Gasteiger partial charge in [-0.2, -0.15) is 0 Å². The molecule has 30 heavy (non-hydrogen) atoms. The number of ether oxygens (including phenoxy) is 3. The SMILES string of the molecule is CCC[I-]c1ccc(NS(=O)(=O)C2CCC3(C=C2C(=O)OCC)OCCO3)c(Br)c1. The van der Waals surface area contributed by atoms with Crippen LogP contribution in [0, 0.1) is 3.57 Å². The standard InChI is InChI=1S/C20H26BrINO6S/c1-3-9-22-14-5-6-17(16(21)12-14)23-30(25,26)18-7-8-20(28-10-11-29-20)13-15(18)19(24)27-4-2/h5-6,12-13,18,23H,3-4,7-11H2,1-2H3/q-1. The molecule has 0 saturated carbocycles. The summed E-state index contributed by atoms with van der Waals surface area (Å²) in [5.74, 6) is -1.70. The number of nitrogens with one attached hydrogen (secondary N) is 1. The van der Waals surface area contributed by atoms with Crippen molar-refractivity contribution in [3.8, 4) is 0 Å².